The van der Waals surface area contributed by atoms with E-state index in [0.29, 0.717) is 6.04 Å². The number of fused-ring (bicyclic) bond motifs is 6. The highest BCUT2D eigenvalue weighted by molar-refractivity contribution is 5.85. The maximum atomic E-state index is 5.67. The van der Waals surface area contributed by atoms with Gasteiger partial charge in [0, 0.05) is 29.2 Å². The van der Waals surface area contributed by atoms with Gasteiger partial charge in [0.15, 0.2) is 11.5 Å². The number of nitrogens with one attached hydrogen (secondary N) is 1. The van der Waals surface area contributed by atoms with Crippen molar-refractivity contribution in [2.75, 3.05) is 20.8 Å². The van der Waals surface area contributed by atoms with Crippen LogP contribution in [0.3, 0.4) is 0 Å². The number of aromatic amines is 1. The fraction of sp³-hybridized carbons (Fsp3) is 0.259. The third-order valence-electron chi connectivity index (χ3n) is 7.01. The standard InChI is InChI=1S/C27H26N2O2/c1-30-24-14-18-12-13-29-23(20(18)16-25(24)31-2)15-21-19-10-6-7-11-22(19)28-26(21)27(29)17-8-4-3-5-9-17/h3-11,14,16,23,27-28H,12-13,15H2,1-2H3. The summed E-state index contributed by atoms with van der Waals surface area (Å²) in [5.74, 6) is 1.63. The van der Waals surface area contributed by atoms with Gasteiger partial charge in [0.05, 0.1) is 20.3 Å². The largest absolute Gasteiger partial charge is 0.493 e. The first kappa shape index (κ1) is 18.5. The number of nitrogens with zero attached hydrogens (tertiary/aromatic N) is 1. The van der Waals surface area contributed by atoms with Crippen LogP contribution in [-0.2, 0) is 12.8 Å². The van der Waals surface area contributed by atoms with Gasteiger partial charge in [-0.3, -0.25) is 4.90 Å². The molecule has 2 atom stereocenters. The molecule has 0 radical (unpaired) electrons. The van der Waals surface area contributed by atoms with Gasteiger partial charge >= 0.3 is 0 Å². The number of aromatic nitrogens is 1. The van der Waals surface area contributed by atoms with Crippen molar-refractivity contribution >= 4 is 10.9 Å². The van der Waals surface area contributed by atoms with Crippen molar-refractivity contribution in [3.63, 3.8) is 0 Å². The molecule has 0 amide bonds. The molecular formula is C27H26N2O2. The van der Waals surface area contributed by atoms with Gasteiger partial charge < -0.3 is 14.5 Å². The Kier molecular flexibility index (Phi) is 4.29. The Labute approximate surface area is 182 Å². The van der Waals surface area contributed by atoms with Crippen molar-refractivity contribution in [3.8, 4) is 11.5 Å². The predicted molar refractivity (Wildman–Crippen MR) is 123 cm³/mol. The number of hydrogen-bond acceptors (Lipinski definition) is 3. The lowest BCUT2D eigenvalue weighted by molar-refractivity contribution is 0.127. The Balaban J connectivity index is 1.57. The second-order valence-electron chi connectivity index (χ2n) is 8.49. The molecule has 4 aromatic rings. The van der Waals surface area contributed by atoms with Crippen LogP contribution in [-0.4, -0.2) is 30.6 Å². The number of ether oxygens (including phenoxy) is 2. The smallest absolute Gasteiger partial charge is 0.161 e. The minimum Gasteiger partial charge on any atom is -0.493 e. The second-order valence-corrected chi connectivity index (χ2v) is 8.49. The number of methoxy groups -OCH3 is 2. The van der Waals surface area contributed by atoms with Gasteiger partial charge in [-0.05, 0) is 53.3 Å². The van der Waals surface area contributed by atoms with Gasteiger partial charge in [0.2, 0.25) is 0 Å². The first-order valence-electron chi connectivity index (χ1n) is 10.9. The normalized spacial score (nSPS) is 20.1. The topological polar surface area (TPSA) is 37.5 Å². The molecule has 0 spiro atoms. The van der Waals surface area contributed by atoms with Crippen LogP contribution in [0.5, 0.6) is 11.5 Å². The fourth-order valence-electron chi connectivity index (χ4n) is 5.61. The lowest BCUT2D eigenvalue weighted by atomic mass is 9.80. The van der Waals surface area contributed by atoms with E-state index in [1.54, 1.807) is 14.2 Å². The SMILES string of the molecule is COc1cc2c(cc1OC)C1Cc3c([nH]c4ccccc34)C(c3ccccc3)N1CC2. The predicted octanol–water partition coefficient (Wildman–Crippen LogP) is 5.43. The van der Waals surface area contributed by atoms with E-state index in [4.69, 9.17) is 9.47 Å². The molecule has 2 unspecified atom stereocenters. The monoisotopic (exact) mass is 410 g/mol. The Morgan fingerprint density at radius 1 is 0.903 bits per heavy atom. The zero-order valence-corrected chi connectivity index (χ0v) is 17.9. The lowest BCUT2D eigenvalue weighted by Crippen LogP contribution is -2.43. The van der Waals surface area contributed by atoms with Crippen molar-refractivity contribution in [2.24, 2.45) is 0 Å². The first-order valence-corrected chi connectivity index (χ1v) is 10.9. The number of hydrogen-bond donors (Lipinski definition) is 1. The molecule has 4 nitrogen and oxygen atoms in total. The van der Waals surface area contributed by atoms with Gasteiger partial charge in [-0.2, -0.15) is 0 Å². The van der Waals surface area contributed by atoms with Gasteiger partial charge in [0.1, 0.15) is 0 Å². The van der Waals surface area contributed by atoms with Crippen LogP contribution < -0.4 is 9.47 Å². The van der Waals surface area contributed by atoms with E-state index < -0.39 is 0 Å². The van der Waals surface area contributed by atoms with Crippen LogP contribution in [0.1, 0.15) is 40.0 Å². The maximum Gasteiger partial charge on any atom is 0.161 e. The lowest BCUT2D eigenvalue weighted by Gasteiger charge is -2.46. The number of H-pyrrole nitrogens is 1. The van der Waals surface area contributed by atoms with E-state index in [1.165, 1.54) is 38.9 Å². The average Bonchev–Trinajstić information content (AvgIpc) is 3.20. The van der Waals surface area contributed by atoms with E-state index in [1.807, 2.05) is 0 Å². The molecule has 4 heteroatoms. The molecule has 156 valence electrons. The van der Waals surface area contributed by atoms with Crippen LogP contribution in [0.15, 0.2) is 66.7 Å². The molecule has 0 aliphatic carbocycles. The molecule has 0 fully saturated rings. The maximum absolute atomic E-state index is 5.67. The highest BCUT2D eigenvalue weighted by Crippen LogP contribution is 2.49. The Morgan fingerprint density at radius 3 is 2.45 bits per heavy atom. The summed E-state index contributed by atoms with van der Waals surface area (Å²) in [5.41, 5.74) is 8.07. The van der Waals surface area contributed by atoms with Crippen LogP contribution >= 0.6 is 0 Å². The second kappa shape index (κ2) is 7.17. The summed E-state index contributed by atoms with van der Waals surface area (Å²) < 4.78 is 11.3. The van der Waals surface area contributed by atoms with Gasteiger partial charge in [-0.15, -0.1) is 0 Å². The minimum absolute atomic E-state index is 0.212. The van der Waals surface area contributed by atoms with Crippen LogP contribution in [0.2, 0.25) is 0 Å². The summed E-state index contributed by atoms with van der Waals surface area (Å²) in [7, 11) is 3.43. The van der Waals surface area contributed by atoms with Crippen LogP contribution in [0.25, 0.3) is 10.9 Å². The Morgan fingerprint density at radius 2 is 1.65 bits per heavy atom. The van der Waals surface area contributed by atoms with Crippen LogP contribution in [0, 0.1) is 0 Å². The highest BCUT2D eigenvalue weighted by atomic mass is 16.5. The molecule has 0 saturated heterocycles. The molecule has 0 bridgehead atoms. The molecule has 0 saturated carbocycles. The van der Waals surface area contributed by atoms with Crippen molar-refractivity contribution in [1.82, 2.24) is 9.88 Å². The van der Waals surface area contributed by atoms with E-state index in [-0.39, 0.29) is 6.04 Å². The van der Waals surface area contributed by atoms with E-state index in [2.05, 4.69) is 76.6 Å². The number of rotatable bonds is 3. The summed E-state index contributed by atoms with van der Waals surface area (Å²) in [4.78, 5) is 6.44. The van der Waals surface area contributed by atoms with Gasteiger partial charge in [-0.25, -0.2) is 0 Å². The number of benzene rings is 3. The zero-order chi connectivity index (χ0) is 20.9. The molecule has 6 rings (SSSR count). The zero-order valence-electron chi connectivity index (χ0n) is 17.9. The molecule has 1 N–H and O–H groups in total. The van der Waals surface area contributed by atoms with Crippen molar-refractivity contribution in [1.29, 1.82) is 0 Å². The van der Waals surface area contributed by atoms with Gasteiger partial charge in [0.25, 0.3) is 0 Å². The van der Waals surface area contributed by atoms with Crippen molar-refractivity contribution in [3.05, 3.63) is 94.7 Å². The molecule has 2 aliphatic rings. The first-order chi connectivity index (χ1) is 15.3. The summed E-state index contributed by atoms with van der Waals surface area (Å²) in [6, 6.07) is 24.5. The molecule has 1 aromatic heterocycles. The minimum atomic E-state index is 0.212. The third-order valence-corrected chi connectivity index (χ3v) is 7.01. The summed E-state index contributed by atoms with van der Waals surface area (Å²) in [6.07, 6.45) is 2.00. The third kappa shape index (κ3) is 2.78. The van der Waals surface area contributed by atoms with E-state index in [9.17, 15) is 0 Å². The summed E-state index contributed by atoms with van der Waals surface area (Å²) >= 11 is 0. The van der Waals surface area contributed by atoms with Gasteiger partial charge in [-0.1, -0.05) is 48.5 Å². The molecule has 2 aliphatic heterocycles. The number of para-hydroxylation sites is 1. The molecule has 3 aromatic carbocycles. The summed E-state index contributed by atoms with van der Waals surface area (Å²) in [5, 5.41) is 1.34. The highest BCUT2D eigenvalue weighted by Gasteiger charge is 2.41. The van der Waals surface area contributed by atoms with Crippen molar-refractivity contribution in [2.45, 2.75) is 24.9 Å². The van der Waals surface area contributed by atoms with Crippen molar-refractivity contribution < 1.29 is 9.47 Å². The fourth-order valence-corrected chi connectivity index (χ4v) is 5.61. The Bertz CT molecular complexity index is 1260. The average molecular weight is 411 g/mol. The van der Waals surface area contributed by atoms with Crippen LogP contribution in [0.4, 0.5) is 0 Å². The molecule has 31 heavy (non-hydrogen) atoms. The quantitative estimate of drug-likeness (QED) is 0.489. The summed E-state index contributed by atoms with van der Waals surface area (Å²) in [6.45, 7) is 1.02. The van der Waals surface area contributed by atoms with E-state index in [0.717, 1.165) is 30.9 Å². The van der Waals surface area contributed by atoms with E-state index >= 15 is 0 Å². The Hall–Kier alpha value is -3.24. The molecule has 3 heterocycles. The molecular weight excluding hydrogens is 384 g/mol.